The Morgan fingerprint density at radius 1 is 1.23 bits per heavy atom. The lowest BCUT2D eigenvalue weighted by atomic mass is 9.85. The van der Waals surface area contributed by atoms with E-state index >= 15 is 0 Å². The minimum Gasteiger partial charge on any atom is -0.316 e. The van der Waals surface area contributed by atoms with E-state index < -0.39 is 0 Å². The summed E-state index contributed by atoms with van der Waals surface area (Å²) in [5.74, 6) is 1.21. The molecule has 0 aliphatic heterocycles. The van der Waals surface area contributed by atoms with Crippen molar-refractivity contribution in [3.8, 4) is 6.07 Å². The summed E-state index contributed by atoms with van der Waals surface area (Å²) >= 11 is 0. The zero-order chi connectivity index (χ0) is 10.4. The van der Waals surface area contributed by atoms with Gasteiger partial charge < -0.3 is 5.32 Å². The minimum absolute atomic E-state index is 0.132. The van der Waals surface area contributed by atoms with Crippen LogP contribution in [0.5, 0.6) is 0 Å². The molecular weight excluding hydrogens is 160 g/mol. The average Bonchev–Trinajstić information content (AvgIpc) is 2.02. The average molecular weight is 182 g/mol. The van der Waals surface area contributed by atoms with Crippen LogP contribution < -0.4 is 5.32 Å². The van der Waals surface area contributed by atoms with E-state index in [0.717, 1.165) is 6.42 Å². The molecule has 0 bridgehead atoms. The van der Waals surface area contributed by atoms with Gasteiger partial charge in [0.05, 0.1) is 12.0 Å². The molecular formula is C11H22N2. The highest BCUT2D eigenvalue weighted by atomic mass is 14.9. The van der Waals surface area contributed by atoms with E-state index in [4.69, 9.17) is 5.26 Å². The van der Waals surface area contributed by atoms with Crippen LogP contribution in [0.2, 0.25) is 0 Å². The second-order valence-corrected chi connectivity index (χ2v) is 4.42. The number of hydrogen-bond acceptors (Lipinski definition) is 2. The van der Waals surface area contributed by atoms with Crippen LogP contribution in [0.3, 0.4) is 0 Å². The Kier molecular flexibility index (Phi) is 5.73. The second kappa shape index (κ2) is 5.99. The molecule has 2 unspecified atom stereocenters. The van der Waals surface area contributed by atoms with Gasteiger partial charge in [-0.3, -0.25) is 0 Å². The molecule has 0 aliphatic rings. The Bertz CT molecular complexity index is 167. The summed E-state index contributed by atoms with van der Waals surface area (Å²) in [6.07, 6.45) is 1.08. The molecule has 0 saturated carbocycles. The quantitative estimate of drug-likeness (QED) is 0.708. The third-order valence-electron chi connectivity index (χ3n) is 2.40. The summed E-state index contributed by atoms with van der Waals surface area (Å²) in [6.45, 7) is 8.61. The monoisotopic (exact) mass is 182 g/mol. The van der Waals surface area contributed by atoms with Crippen LogP contribution in [0.1, 0.15) is 34.1 Å². The fraction of sp³-hybridized carbons (Fsp3) is 0.909. The highest BCUT2D eigenvalue weighted by molar-refractivity contribution is 4.93. The van der Waals surface area contributed by atoms with Gasteiger partial charge in [0, 0.05) is 6.04 Å². The highest BCUT2D eigenvalue weighted by Crippen LogP contribution is 2.19. The lowest BCUT2D eigenvalue weighted by Gasteiger charge is -2.25. The van der Waals surface area contributed by atoms with Crippen molar-refractivity contribution in [3.63, 3.8) is 0 Å². The Hall–Kier alpha value is -0.550. The van der Waals surface area contributed by atoms with E-state index in [1.165, 1.54) is 0 Å². The Labute approximate surface area is 82.3 Å². The van der Waals surface area contributed by atoms with Crippen LogP contribution in [-0.4, -0.2) is 13.1 Å². The first-order valence-corrected chi connectivity index (χ1v) is 5.09. The number of nitrogens with one attached hydrogen (secondary N) is 1. The molecule has 0 heterocycles. The molecule has 0 aromatic rings. The number of hydrogen-bond donors (Lipinski definition) is 1. The molecule has 2 nitrogen and oxygen atoms in total. The third-order valence-corrected chi connectivity index (χ3v) is 2.40. The van der Waals surface area contributed by atoms with Crippen LogP contribution >= 0.6 is 0 Å². The second-order valence-electron chi connectivity index (χ2n) is 4.42. The van der Waals surface area contributed by atoms with Crippen molar-refractivity contribution in [1.82, 2.24) is 5.32 Å². The highest BCUT2D eigenvalue weighted by Gasteiger charge is 2.23. The van der Waals surface area contributed by atoms with Crippen molar-refractivity contribution in [2.45, 2.75) is 40.2 Å². The molecule has 76 valence electrons. The maximum Gasteiger partial charge on any atom is 0.0674 e. The van der Waals surface area contributed by atoms with Gasteiger partial charge in [0.25, 0.3) is 0 Å². The van der Waals surface area contributed by atoms with Gasteiger partial charge in [-0.05, 0) is 25.3 Å². The van der Waals surface area contributed by atoms with Gasteiger partial charge >= 0.3 is 0 Å². The van der Waals surface area contributed by atoms with E-state index in [1.54, 1.807) is 0 Å². The van der Waals surface area contributed by atoms with Crippen molar-refractivity contribution in [2.24, 2.45) is 17.8 Å². The largest absolute Gasteiger partial charge is 0.316 e. The van der Waals surface area contributed by atoms with Crippen molar-refractivity contribution < 1.29 is 0 Å². The van der Waals surface area contributed by atoms with Crippen LogP contribution in [0, 0.1) is 29.1 Å². The first kappa shape index (κ1) is 12.4. The standard InChI is InChI=1S/C11H22N2/c1-8(2)6-11(13-5)10(7-12)9(3)4/h8-11,13H,6H2,1-5H3. The Morgan fingerprint density at radius 2 is 1.77 bits per heavy atom. The van der Waals surface area contributed by atoms with E-state index in [-0.39, 0.29) is 5.92 Å². The summed E-state index contributed by atoms with van der Waals surface area (Å²) in [5.41, 5.74) is 0. The van der Waals surface area contributed by atoms with Gasteiger partial charge in [-0.2, -0.15) is 5.26 Å². The molecule has 13 heavy (non-hydrogen) atoms. The molecule has 1 N–H and O–H groups in total. The van der Waals surface area contributed by atoms with Crippen LogP contribution in [0.4, 0.5) is 0 Å². The van der Waals surface area contributed by atoms with E-state index in [0.29, 0.717) is 17.9 Å². The normalized spacial score (nSPS) is 15.8. The molecule has 2 heteroatoms. The summed E-state index contributed by atoms with van der Waals surface area (Å²) < 4.78 is 0. The predicted octanol–water partition coefficient (Wildman–Crippen LogP) is 2.42. The number of nitriles is 1. The van der Waals surface area contributed by atoms with Crippen molar-refractivity contribution >= 4 is 0 Å². The summed E-state index contributed by atoms with van der Waals surface area (Å²) in [6, 6.07) is 2.73. The van der Waals surface area contributed by atoms with E-state index in [9.17, 15) is 0 Å². The Balaban J connectivity index is 4.28. The Morgan fingerprint density at radius 3 is 2.00 bits per heavy atom. The SMILES string of the molecule is CNC(CC(C)C)C(C#N)C(C)C. The maximum absolute atomic E-state index is 9.02. The zero-order valence-corrected chi connectivity index (χ0v) is 9.46. The van der Waals surface area contributed by atoms with Crippen LogP contribution in [0.25, 0.3) is 0 Å². The molecule has 0 saturated heterocycles. The van der Waals surface area contributed by atoms with Crippen molar-refractivity contribution in [3.05, 3.63) is 0 Å². The fourth-order valence-electron chi connectivity index (χ4n) is 1.66. The third kappa shape index (κ3) is 4.28. The predicted molar refractivity (Wildman–Crippen MR) is 56.2 cm³/mol. The first-order valence-electron chi connectivity index (χ1n) is 5.09. The topological polar surface area (TPSA) is 35.8 Å². The molecule has 0 fully saturated rings. The van der Waals surface area contributed by atoms with Gasteiger partial charge in [-0.15, -0.1) is 0 Å². The molecule has 0 aromatic heterocycles. The van der Waals surface area contributed by atoms with Crippen molar-refractivity contribution in [2.75, 3.05) is 7.05 Å². The summed E-state index contributed by atoms with van der Waals surface area (Å²) in [5, 5.41) is 12.3. The van der Waals surface area contributed by atoms with Gasteiger partial charge in [0.15, 0.2) is 0 Å². The van der Waals surface area contributed by atoms with Crippen molar-refractivity contribution in [1.29, 1.82) is 5.26 Å². The summed E-state index contributed by atoms with van der Waals surface area (Å²) in [4.78, 5) is 0. The van der Waals surface area contributed by atoms with Gasteiger partial charge in [-0.25, -0.2) is 0 Å². The van der Waals surface area contributed by atoms with E-state index in [1.807, 2.05) is 7.05 Å². The first-order chi connectivity index (χ1) is 6.02. The lowest BCUT2D eigenvalue weighted by Crippen LogP contribution is -2.36. The van der Waals surface area contributed by atoms with Gasteiger partial charge in [0.1, 0.15) is 0 Å². The molecule has 0 amide bonds. The molecule has 0 radical (unpaired) electrons. The van der Waals surface area contributed by atoms with Crippen LogP contribution in [-0.2, 0) is 0 Å². The molecule has 2 atom stereocenters. The van der Waals surface area contributed by atoms with Crippen LogP contribution in [0.15, 0.2) is 0 Å². The van der Waals surface area contributed by atoms with E-state index in [2.05, 4.69) is 39.1 Å². The smallest absolute Gasteiger partial charge is 0.0674 e. The lowest BCUT2D eigenvalue weighted by molar-refractivity contribution is 0.311. The molecule has 0 spiro atoms. The summed E-state index contributed by atoms with van der Waals surface area (Å²) in [7, 11) is 1.94. The zero-order valence-electron chi connectivity index (χ0n) is 9.46. The molecule has 0 aromatic carbocycles. The van der Waals surface area contributed by atoms with Gasteiger partial charge in [-0.1, -0.05) is 27.7 Å². The minimum atomic E-state index is 0.132. The number of rotatable bonds is 5. The maximum atomic E-state index is 9.02. The fourth-order valence-corrected chi connectivity index (χ4v) is 1.66. The molecule has 0 rings (SSSR count). The molecule has 0 aliphatic carbocycles. The van der Waals surface area contributed by atoms with Gasteiger partial charge in [0.2, 0.25) is 0 Å². The number of nitrogens with zero attached hydrogens (tertiary/aromatic N) is 1.